The van der Waals surface area contributed by atoms with E-state index in [2.05, 4.69) is 35.3 Å². The van der Waals surface area contributed by atoms with Crippen LogP contribution < -0.4 is 5.73 Å². The summed E-state index contributed by atoms with van der Waals surface area (Å²) in [5.41, 5.74) is 11.8. The third-order valence-corrected chi connectivity index (χ3v) is 6.42. The van der Waals surface area contributed by atoms with Crippen molar-refractivity contribution in [3.63, 3.8) is 0 Å². The summed E-state index contributed by atoms with van der Waals surface area (Å²) in [5, 5.41) is 2.59. The van der Waals surface area contributed by atoms with Gasteiger partial charge in [-0.2, -0.15) is 0 Å². The smallest absolute Gasteiger partial charge is 0.0595 e. The average molecular weight is 387 g/mol. The van der Waals surface area contributed by atoms with Crippen LogP contribution in [0.3, 0.4) is 0 Å². The van der Waals surface area contributed by atoms with Crippen molar-refractivity contribution < 1.29 is 0 Å². The van der Waals surface area contributed by atoms with Crippen molar-refractivity contribution in [2.24, 2.45) is 5.73 Å². The van der Waals surface area contributed by atoms with Gasteiger partial charge in [-0.1, -0.05) is 53.9 Å². The van der Waals surface area contributed by atoms with Crippen molar-refractivity contribution in [2.45, 2.75) is 50.5 Å². The van der Waals surface area contributed by atoms with Crippen LogP contribution in [0.25, 0.3) is 10.9 Å². The van der Waals surface area contributed by atoms with E-state index in [0.717, 1.165) is 44.9 Å². The summed E-state index contributed by atoms with van der Waals surface area (Å²) in [6.07, 6.45) is 7.57. The molecule has 0 fully saturated rings. The highest BCUT2D eigenvalue weighted by molar-refractivity contribution is 6.42. The number of hydrogen-bond donors (Lipinski definition) is 2. The Labute approximate surface area is 164 Å². The Morgan fingerprint density at radius 3 is 2.73 bits per heavy atom. The predicted molar refractivity (Wildman–Crippen MR) is 111 cm³/mol. The monoisotopic (exact) mass is 386 g/mol. The summed E-state index contributed by atoms with van der Waals surface area (Å²) in [6, 6.07) is 14.5. The molecule has 0 amide bonds. The first kappa shape index (κ1) is 17.9. The maximum atomic E-state index is 6.89. The van der Waals surface area contributed by atoms with Crippen molar-refractivity contribution in [3.05, 3.63) is 69.3 Å². The molecule has 136 valence electrons. The number of fused-ring (bicyclic) bond motifs is 3. The number of nitrogens with one attached hydrogen (secondary N) is 1. The molecule has 1 atom stereocenters. The fourth-order valence-corrected chi connectivity index (χ4v) is 4.63. The fourth-order valence-electron chi connectivity index (χ4n) is 4.31. The lowest BCUT2D eigenvalue weighted by molar-refractivity contribution is 0.327. The van der Waals surface area contributed by atoms with E-state index in [9.17, 15) is 0 Å². The minimum Gasteiger partial charge on any atom is -0.357 e. The molecule has 3 aromatic rings. The number of rotatable bonds is 5. The molecule has 1 aromatic heterocycles. The van der Waals surface area contributed by atoms with Crippen LogP contribution in [0.15, 0.2) is 42.5 Å². The normalized spacial score (nSPS) is 19.7. The summed E-state index contributed by atoms with van der Waals surface area (Å²) in [6.45, 7) is 0. The van der Waals surface area contributed by atoms with E-state index in [1.807, 2.05) is 12.1 Å². The van der Waals surface area contributed by atoms with Gasteiger partial charge in [0.05, 0.1) is 15.6 Å². The van der Waals surface area contributed by atoms with Crippen LogP contribution in [-0.4, -0.2) is 4.98 Å². The largest absolute Gasteiger partial charge is 0.357 e. The molecule has 0 aliphatic heterocycles. The van der Waals surface area contributed by atoms with Gasteiger partial charge in [0, 0.05) is 16.6 Å². The van der Waals surface area contributed by atoms with Gasteiger partial charge in [-0.25, -0.2) is 0 Å². The first-order chi connectivity index (χ1) is 12.6. The van der Waals surface area contributed by atoms with Gasteiger partial charge >= 0.3 is 0 Å². The van der Waals surface area contributed by atoms with Crippen LogP contribution in [0, 0.1) is 0 Å². The molecule has 4 heteroatoms. The van der Waals surface area contributed by atoms with Gasteiger partial charge in [-0.3, -0.25) is 0 Å². The van der Waals surface area contributed by atoms with E-state index < -0.39 is 0 Å². The van der Waals surface area contributed by atoms with E-state index in [0.29, 0.717) is 10.0 Å². The Hall–Kier alpha value is -1.48. The lowest BCUT2D eigenvalue weighted by atomic mass is 9.77. The van der Waals surface area contributed by atoms with Gasteiger partial charge in [-0.05, 0) is 67.9 Å². The first-order valence-electron chi connectivity index (χ1n) is 9.40. The highest BCUT2D eigenvalue weighted by Gasteiger charge is 2.34. The average Bonchev–Trinajstić information content (AvgIpc) is 3.02. The first-order valence-corrected chi connectivity index (χ1v) is 10.2. The van der Waals surface area contributed by atoms with Crippen LogP contribution in [-0.2, 0) is 18.4 Å². The standard InChI is InChI=1S/C22H24Cl2N2/c23-18-11-10-15(14-19(18)24)6-3-4-12-22(25)13-5-8-17-16-7-1-2-9-20(16)26-21(17)22/h1-2,7,9-11,14,26H,3-6,8,12-13,25H2. The van der Waals surface area contributed by atoms with Crippen LogP contribution >= 0.6 is 23.2 Å². The number of H-pyrrole nitrogens is 1. The third kappa shape index (κ3) is 3.38. The summed E-state index contributed by atoms with van der Waals surface area (Å²) in [7, 11) is 0. The fraction of sp³-hybridized carbons (Fsp3) is 0.364. The molecule has 1 aliphatic carbocycles. The molecule has 4 rings (SSSR count). The van der Waals surface area contributed by atoms with Crippen LogP contribution in [0.5, 0.6) is 0 Å². The summed E-state index contributed by atoms with van der Waals surface area (Å²) >= 11 is 12.1. The minimum atomic E-state index is -0.232. The summed E-state index contributed by atoms with van der Waals surface area (Å²) in [4.78, 5) is 3.62. The van der Waals surface area contributed by atoms with Crippen molar-refractivity contribution in [1.29, 1.82) is 0 Å². The SMILES string of the molecule is NC1(CCCCc2ccc(Cl)c(Cl)c2)CCCc2c1[nH]c1ccccc21. The zero-order valence-electron chi connectivity index (χ0n) is 14.8. The second-order valence-corrected chi connectivity index (χ2v) is 8.30. The van der Waals surface area contributed by atoms with E-state index >= 15 is 0 Å². The molecule has 1 aliphatic rings. The van der Waals surface area contributed by atoms with Crippen molar-refractivity contribution in [3.8, 4) is 0 Å². The number of halogens is 2. The van der Waals surface area contributed by atoms with E-state index in [-0.39, 0.29) is 5.54 Å². The quantitative estimate of drug-likeness (QED) is 0.490. The molecule has 1 heterocycles. The van der Waals surface area contributed by atoms with Crippen LogP contribution in [0.4, 0.5) is 0 Å². The van der Waals surface area contributed by atoms with E-state index in [1.165, 1.54) is 27.7 Å². The molecular formula is C22H24Cl2N2. The molecule has 0 radical (unpaired) electrons. The Bertz CT molecular complexity index is 931. The molecule has 26 heavy (non-hydrogen) atoms. The van der Waals surface area contributed by atoms with Gasteiger partial charge in [0.15, 0.2) is 0 Å². The zero-order chi connectivity index (χ0) is 18.1. The molecule has 2 aromatic carbocycles. The van der Waals surface area contributed by atoms with E-state index in [4.69, 9.17) is 28.9 Å². The van der Waals surface area contributed by atoms with Crippen molar-refractivity contribution >= 4 is 34.1 Å². The highest BCUT2D eigenvalue weighted by atomic mass is 35.5. The van der Waals surface area contributed by atoms with Crippen LogP contribution in [0.1, 0.15) is 48.9 Å². The number of para-hydroxylation sites is 1. The lowest BCUT2D eigenvalue weighted by Gasteiger charge is -2.34. The third-order valence-electron chi connectivity index (χ3n) is 5.68. The van der Waals surface area contributed by atoms with E-state index in [1.54, 1.807) is 0 Å². The number of nitrogens with two attached hydrogens (primary N) is 1. The maximum Gasteiger partial charge on any atom is 0.0595 e. The maximum absolute atomic E-state index is 6.89. The number of unbranched alkanes of at least 4 members (excludes halogenated alkanes) is 1. The van der Waals surface area contributed by atoms with Gasteiger partial charge in [0.2, 0.25) is 0 Å². The molecule has 2 nitrogen and oxygen atoms in total. The number of aryl methyl sites for hydroxylation is 2. The minimum absolute atomic E-state index is 0.232. The highest BCUT2D eigenvalue weighted by Crippen LogP contribution is 2.40. The Kier molecular flexibility index (Phi) is 5.00. The number of aromatic nitrogens is 1. The van der Waals surface area contributed by atoms with Gasteiger partial charge in [0.25, 0.3) is 0 Å². The van der Waals surface area contributed by atoms with Crippen molar-refractivity contribution in [2.75, 3.05) is 0 Å². The second-order valence-electron chi connectivity index (χ2n) is 7.49. The summed E-state index contributed by atoms with van der Waals surface area (Å²) in [5.74, 6) is 0. The second kappa shape index (κ2) is 7.26. The predicted octanol–water partition coefficient (Wildman–Crippen LogP) is 6.38. The van der Waals surface area contributed by atoms with Gasteiger partial charge in [0.1, 0.15) is 0 Å². The molecular weight excluding hydrogens is 363 g/mol. The number of aromatic amines is 1. The summed E-state index contributed by atoms with van der Waals surface area (Å²) < 4.78 is 0. The molecule has 0 saturated heterocycles. The molecule has 1 unspecified atom stereocenters. The Balaban J connectivity index is 1.44. The lowest BCUT2D eigenvalue weighted by Crippen LogP contribution is -2.40. The van der Waals surface area contributed by atoms with Crippen LogP contribution in [0.2, 0.25) is 10.0 Å². The number of benzene rings is 2. The molecule has 0 saturated carbocycles. The zero-order valence-corrected chi connectivity index (χ0v) is 16.3. The number of hydrogen-bond acceptors (Lipinski definition) is 1. The van der Waals surface area contributed by atoms with Crippen molar-refractivity contribution in [1.82, 2.24) is 4.98 Å². The molecule has 0 spiro atoms. The Morgan fingerprint density at radius 1 is 1.04 bits per heavy atom. The van der Waals surface area contributed by atoms with Gasteiger partial charge < -0.3 is 10.7 Å². The molecule has 3 N–H and O–H groups in total. The van der Waals surface area contributed by atoms with Gasteiger partial charge in [-0.15, -0.1) is 0 Å². The molecule has 0 bridgehead atoms. The topological polar surface area (TPSA) is 41.8 Å². The Morgan fingerprint density at radius 2 is 1.88 bits per heavy atom.